The Morgan fingerprint density at radius 3 is 2.34 bits per heavy atom. The first kappa shape index (κ1) is 22.6. The third-order valence-electron chi connectivity index (χ3n) is 4.82. The molecule has 162 valence electrons. The lowest BCUT2D eigenvalue weighted by atomic mass is 9.95. The maximum Gasteiger partial charge on any atom is 0.336 e. The van der Waals surface area contributed by atoms with Gasteiger partial charge in [0.1, 0.15) is 11.5 Å². The Bertz CT molecular complexity index is 1190. The van der Waals surface area contributed by atoms with E-state index >= 15 is 0 Å². The number of carbonyl (C=O) groups excluding carboxylic acids is 1. The minimum Gasteiger partial charge on any atom is -0.478 e. The number of hydrogen-bond acceptors (Lipinski definition) is 4. The van der Waals surface area contributed by atoms with Gasteiger partial charge in [0.2, 0.25) is 0 Å². The molecule has 3 rings (SSSR count). The van der Waals surface area contributed by atoms with Crippen LogP contribution < -0.4 is 10.1 Å². The zero-order valence-electron chi connectivity index (χ0n) is 18.2. The van der Waals surface area contributed by atoms with Crippen LogP contribution in [0.2, 0.25) is 0 Å². The van der Waals surface area contributed by atoms with Crippen molar-refractivity contribution in [3.05, 3.63) is 82.9 Å². The van der Waals surface area contributed by atoms with Crippen molar-refractivity contribution in [3.8, 4) is 28.7 Å². The van der Waals surface area contributed by atoms with Crippen LogP contribution in [0.15, 0.2) is 60.7 Å². The first-order valence-corrected chi connectivity index (χ1v) is 10.2. The van der Waals surface area contributed by atoms with Crippen LogP contribution in [0.25, 0.3) is 11.1 Å². The van der Waals surface area contributed by atoms with Gasteiger partial charge < -0.3 is 15.2 Å². The van der Waals surface area contributed by atoms with E-state index < -0.39 is 5.97 Å². The molecule has 0 fully saturated rings. The van der Waals surface area contributed by atoms with Crippen LogP contribution in [0, 0.1) is 24.2 Å². The number of carboxylic acid groups (broad SMARTS) is 1. The highest BCUT2D eigenvalue weighted by Crippen LogP contribution is 2.36. The lowest BCUT2D eigenvalue weighted by molar-refractivity contribution is 0.0697. The molecule has 0 aliphatic carbocycles. The number of amides is 1. The van der Waals surface area contributed by atoms with Crippen LogP contribution in [0.4, 0.5) is 0 Å². The molecule has 0 heterocycles. The molecule has 0 atom stereocenters. The molecule has 0 spiro atoms. The molecule has 2 N–H and O–H groups in total. The van der Waals surface area contributed by atoms with Gasteiger partial charge in [-0.1, -0.05) is 32.0 Å². The van der Waals surface area contributed by atoms with Crippen molar-refractivity contribution in [2.75, 3.05) is 6.54 Å². The Labute approximate surface area is 187 Å². The minimum atomic E-state index is -1.14. The molecule has 0 unspecified atom stereocenters. The molecule has 0 saturated heterocycles. The van der Waals surface area contributed by atoms with Gasteiger partial charge in [-0.3, -0.25) is 4.79 Å². The zero-order chi connectivity index (χ0) is 23.3. The Balaban J connectivity index is 2.02. The quantitative estimate of drug-likeness (QED) is 0.524. The van der Waals surface area contributed by atoms with Crippen molar-refractivity contribution in [1.29, 1.82) is 5.26 Å². The fourth-order valence-corrected chi connectivity index (χ4v) is 3.16. The van der Waals surface area contributed by atoms with E-state index in [9.17, 15) is 14.7 Å². The summed E-state index contributed by atoms with van der Waals surface area (Å²) < 4.78 is 6.04. The molecular formula is C26H24N2O4. The summed E-state index contributed by atoms with van der Waals surface area (Å²) in [7, 11) is 0. The Morgan fingerprint density at radius 1 is 1.03 bits per heavy atom. The van der Waals surface area contributed by atoms with Gasteiger partial charge in [0.05, 0.1) is 17.2 Å². The lowest BCUT2D eigenvalue weighted by Crippen LogP contribution is -2.27. The standard InChI is InChI=1S/C26H24N2O4/c1-16(2)15-28-25(29)19-7-11-21(23(13-19)26(30)31)22-10-4-17(3)12-24(22)32-20-8-5-18(14-27)6-9-20/h4-13,16H,15H2,1-3H3,(H,28,29)(H,30,31). The summed E-state index contributed by atoms with van der Waals surface area (Å²) in [5.74, 6) is -0.160. The number of carboxylic acids is 1. The van der Waals surface area contributed by atoms with Gasteiger partial charge in [-0.25, -0.2) is 4.79 Å². The zero-order valence-corrected chi connectivity index (χ0v) is 18.2. The maximum absolute atomic E-state index is 12.4. The van der Waals surface area contributed by atoms with Gasteiger partial charge in [-0.15, -0.1) is 0 Å². The van der Waals surface area contributed by atoms with Gasteiger partial charge in [-0.2, -0.15) is 5.26 Å². The number of benzene rings is 3. The molecule has 0 radical (unpaired) electrons. The average Bonchev–Trinajstić information content (AvgIpc) is 2.77. The lowest BCUT2D eigenvalue weighted by Gasteiger charge is -2.15. The number of aryl methyl sites for hydroxylation is 1. The van der Waals surface area contributed by atoms with E-state index in [2.05, 4.69) is 11.4 Å². The van der Waals surface area contributed by atoms with Gasteiger partial charge in [0.25, 0.3) is 5.91 Å². The molecule has 1 amide bonds. The number of aromatic carboxylic acids is 1. The summed E-state index contributed by atoms with van der Waals surface area (Å²) >= 11 is 0. The molecule has 6 nitrogen and oxygen atoms in total. The monoisotopic (exact) mass is 428 g/mol. The van der Waals surface area contributed by atoms with Crippen molar-refractivity contribution in [2.45, 2.75) is 20.8 Å². The fraction of sp³-hybridized carbons (Fsp3) is 0.192. The van der Waals surface area contributed by atoms with E-state index in [-0.39, 0.29) is 23.0 Å². The average molecular weight is 428 g/mol. The van der Waals surface area contributed by atoms with Gasteiger partial charge >= 0.3 is 5.97 Å². The van der Waals surface area contributed by atoms with E-state index in [0.29, 0.717) is 34.7 Å². The van der Waals surface area contributed by atoms with Crippen LogP contribution >= 0.6 is 0 Å². The SMILES string of the molecule is Cc1ccc(-c2ccc(C(=O)NCC(C)C)cc2C(=O)O)c(Oc2ccc(C#N)cc2)c1. The van der Waals surface area contributed by atoms with Gasteiger partial charge in [0, 0.05) is 17.7 Å². The minimum absolute atomic E-state index is 0.00993. The van der Waals surface area contributed by atoms with E-state index in [1.807, 2.05) is 32.9 Å². The van der Waals surface area contributed by atoms with Crippen LogP contribution in [0.1, 0.15) is 45.7 Å². The van der Waals surface area contributed by atoms with Crippen molar-refractivity contribution in [1.82, 2.24) is 5.32 Å². The smallest absolute Gasteiger partial charge is 0.336 e. The molecule has 0 aliphatic heterocycles. The highest BCUT2D eigenvalue weighted by Gasteiger charge is 2.19. The third-order valence-corrected chi connectivity index (χ3v) is 4.82. The Morgan fingerprint density at radius 2 is 1.72 bits per heavy atom. The molecule has 0 saturated carbocycles. The second-order valence-corrected chi connectivity index (χ2v) is 7.91. The van der Waals surface area contributed by atoms with Crippen molar-refractivity contribution < 1.29 is 19.4 Å². The summed E-state index contributed by atoms with van der Waals surface area (Å²) in [6.45, 7) is 6.39. The molecule has 0 aromatic heterocycles. The molecule has 3 aromatic carbocycles. The number of carbonyl (C=O) groups is 2. The Kier molecular flexibility index (Phi) is 6.91. The molecule has 3 aromatic rings. The van der Waals surface area contributed by atoms with E-state index in [4.69, 9.17) is 10.00 Å². The fourth-order valence-electron chi connectivity index (χ4n) is 3.16. The van der Waals surface area contributed by atoms with Crippen LogP contribution in [0.3, 0.4) is 0 Å². The van der Waals surface area contributed by atoms with E-state index in [0.717, 1.165) is 5.56 Å². The maximum atomic E-state index is 12.4. The first-order valence-electron chi connectivity index (χ1n) is 10.2. The summed E-state index contributed by atoms with van der Waals surface area (Å²) in [6, 6.07) is 18.9. The normalized spacial score (nSPS) is 10.5. The van der Waals surface area contributed by atoms with E-state index in [1.165, 1.54) is 6.07 Å². The van der Waals surface area contributed by atoms with Crippen LogP contribution in [-0.4, -0.2) is 23.5 Å². The highest BCUT2D eigenvalue weighted by atomic mass is 16.5. The van der Waals surface area contributed by atoms with Crippen LogP contribution in [-0.2, 0) is 0 Å². The topological polar surface area (TPSA) is 99.4 Å². The summed E-state index contributed by atoms with van der Waals surface area (Å²) in [6.07, 6.45) is 0. The molecule has 0 bridgehead atoms. The molecular weight excluding hydrogens is 404 g/mol. The van der Waals surface area contributed by atoms with E-state index in [1.54, 1.807) is 42.5 Å². The summed E-state index contributed by atoms with van der Waals surface area (Å²) in [5, 5.41) is 21.6. The summed E-state index contributed by atoms with van der Waals surface area (Å²) in [4.78, 5) is 24.5. The number of nitrogens with zero attached hydrogens (tertiary/aromatic N) is 1. The van der Waals surface area contributed by atoms with Crippen molar-refractivity contribution in [2.24, 2.45) is 5.92 Å². The third kappa shape index (κ3) is 5.32. The number of nitriles is 1. The predicted octanol–water partition coefficient (Wildman–Crippen LogP) is 5.41. The predicted molar refractivity (Wildman–Crippen MR) is 122 cm³/mol. The first-order chi connectivity index (χ1) is 15.3. The number of hydrogen-bond donors (Lipinski definition) is 2. The molecule has 6 heteroatoms. The second-order valence-electron chi connectivity index (χ2n) is 7.91. The second kappa shape index (κ2) is 9.80. The molecule has 0 aliphatic rings. The van der Waals surface area contributed by atoms with Crippen molar-refractivity contribution >= 4 is 11.9 Å². The van der Waals surface area contributed by atoms with Crippen LogP contribution in [0.5, 0.6) is 11.5 Å². The number of ether oxygens (including phenoxy) is 1. The van der Waals surface area contributed by atoms with Gasteiger partial charge in [0.15, 0.2) is 0 Å². The number of nitrogens with one attached hydrogen (secondary N) is 1. The molecule has 32 heavy (non-hydrogen) atoms. The Hall–Kier alpha value is -4.11. The van der Waals surface area contributed by atoms with Crippen molar-refractivity contribution in [3.63, 3.8) is 0 Å². The number of rotatable bonds is 7. The highest BCUT2D eigenvalue weighted by molar-refractivity contribution is 6.02. The summed E-state index contributed by atoms with van der Waals surface area (Å²) in [5.41, 5.74) is 2.79. The largest absolute Gasteiger partial charge is 0.478 e. The van der Waals surface area contributed by atoms with Gasteiger partial charge in [-0.05, 0) is 66.4 Å².